The molecule has 2 unspecified atom stereocenters. The second-order valence-electron chi connectivity index (χ2n) is 5.59. The zero-order valence-corrected chi connectivity index (χ0v) is 12.6. The van der Waals surface area contributed by atoms with E-state index in [-0.39, 0.29) is 0 Å². The molecule has 1 aromatic carbocycles. The molecule has 20 heavy (non-hydrogen) atoms. The van der Waals surface area contributed by atoms with Gasteiger partial charge in [-0.05, 0) is 48.2 Å². The highest BCUT2D eigenvalue weighted by Gasteiger charge is 2.42. The van der Waals surface area contributed by atoms with Crippen LogP contribution < -0.4 is 4.90 Å². The summed E-state index contributed by atoms with van der Waals surface area (Å²) in [6.45, 7) is 0. The number of piperidine rings is 1. The number of hydrogen-bond acceptors (Lipinski definition) is 4. The number of hydrogen-bond donors (Lipinski definition) is 0. The zero-order chi connectivity index (χ0) is 13.5. The van der Waals surface area contributed by atoms with Crippen LogP contribution in [0.15, 0.2) is 30.3 Å². The van der Waals surface area contributed by atoms with E-state index < -0.39 is 0 Å². The lowest BCUT2D eigenvalue weighted by Gasteiger charge is -2.37. The molecule has 5 nitrogen and oxygen atoms in total. The average molecular weight is 334 g/mol. The first-order valence-corrected chi connectivity index (χ1v) is 8.00. The molecule has 6 heteroatoms. The fraction of sp³-hybridized carbons (Fsp3) is 0.500. The number of benzene rings is 1. The lowest BCUT2D eigenvalue weighted by Crippen LogP contribution is -2.44. The Labute approximate surface area is 126 Å². The van der Waals surface area contributed by atoms with Crippen LogP contribution in [-0.2, 0) is 0 Å². The number of tetrazole rings is 1. The fourth-order valence-electron chi connectivity index (χ4n) is 3.52. The first-order valence-electron chi connectivity index (χ1n) is 7.09. The van der Waals surface area contributed by atoms with E-state index in [9.17, 15) is 0 Å². The molecule has 0 radical (unpaired) electrons. The van der Waals surface area contributed by atoms with Gasteiger partial charge >= 0.3 is 0 Å². The fourth-order valence-corrected chi connectivity index (χ4v) is 4.38. The van der Waals surface area contributed by atoms with Crippen molar-refractivity contribution in [2.24, 2.45) is 0 Å². The van der Waals surface area contributed by atoms with Gasteiger partial charge in [0.15, 0.2) is 0 Å². The minimum absolute atomic E-state index is 0.562. The van der Waals surface area contributed by atoms with Crippen LogP contribution >= 0.6 is 15.9 Å². The predicted molar refractivity (Wildman–Crippen MR) is 80.4 cm³/mol. The monoisotopic (exact) mass is 333 g/mol. The first kappa shape index (κ1) is 12.3. The average Bonchev–Trinajstić information content (AvgIpc) is 3.03. The van der Waals surface area contributed by atoms with Gasteiger partial charge in [0.1, 0.15) is 0 Å². The summed E-state index contributed by atoms with van der Waals surface area (Å²) in [5.74, 6) is 0.892. The third-order valence-electron chi connectivity index (χ3n) is 4.36. The topological polar surface area (TPSA) is 46.8 Å². The van der Waals surface area contributed by atoms with Crippen molar-refractivity contribution in [1.82, 2.24) is 20.2 Å². The second kappa shape index (κ2) is 4.84. The van der Waals surface area contributed by atoms with Crippen LogP contribution in [0, 0.1) is 0 Å². The molecule has 104 valence electrons. The van der Waals surface area contributed by atoms with E-state index >= 15 is 0 Å². The van der Waals surface area contributed by atoms with Gasteiger partial charge in [0, 0.05) is 16.9 Å². The van der Waals surface area contributed by atoms with E-state index in [0.717, 1.165) is 11.6 Å². The summed E-state index contributed by atoms with van der Waals surface area (Å²) in [6, 6.07) is 11.2. The van der Waals surface area contributed by atoms with Crippen LogP contribution in [0.5, 0.6) is 0 Å². The van der Waals surface area contributed by atoms with Gasteiger partial charge in [0.2, 0.25) is 0 Å². The normalized spacial score (nSPS) is 28.9. The molecule has 0 saturated carbocycles. The van der Waals surface area contributed by atoms with Gasteiger partial charge in [-0.2, -0.15) is 4.68 Å². The van der Waals surface area contributed by atoms with Gasteiger partial charge in [-0.1, -0.05) is 39.2 Å². The maximum absolute atomic E-state index is 4.29. The number of anilines is 1. The Morgan fingerprint density at radius 1 is 1.05 bits per heavy atom. The quantitative estimate of drug-likeness (QED) is 0.792. The van der Waals surface area contributed by atoms with E-state index in [1.54, 1.807) is 0 Å². The minimum atomic E-state index is 0.562. The third kappa shape index (κ3) is 1.93. The highest BCUT2D eigenvalue weighted by atomic mass is 79.9. The molecular weight excluding hydrogens is 318 g/mol. The lowest BCUT2D eigenvalue weighted by molar-refractivity contribution is 0.471. The van der Waals surface area contributed by atoms with Crippen LogP contribution in [0.25, 0.3) is 5.69 Å². The molecule has 0 amide bonds. The highest BCUT2D eigenvalue weighted by molar-refractivity contribution is 9.09. The molecule has 2 atom stereocenters. The van der Waals surface area contributed by atoms with E-state index in [2.05, 4.69) is 36.4 Å². The SMILES string of the molecule is BrC1CC2CCC(C1)N2c1nnnn1-c1ccccc1. The van der Waals surface area contributed by atoms with Crippen molar-refractivity contribution in [2.75, 3.05) is 4.90 Å². The Balaban J connectivity index is 1.72. The number of alkyl halides is 1. The number of aromatic nitrogens is 4. The molecule has 0 aliphatic carbocycles. The summed E-state index contributed by atoms with van der Waals surface area (Å²) in [4.78, 5) is 3.07. The van der Waals surface area contributed by atoms with Crippen molar-refractivity contribution >= 4 is 21.9 Å². The van der Waals surface area contributed by atoms with Gasteiger partial charge in [0.05, 0.1) is 5.69 Å². The molecule has 2 aliphatic heterocycles. The summed E-state index contributed by atoms with van der Waals surface area (Å²) in [6.07, 6.45) is 4.85. The van der Waals surface area contributed by atoms with Gasteiger partial charge in [0.25, 0.3) is 5.95 Å². The molecule has 2 aliphatic rings. The summed E-state index contributed by atoms with van der Waals surface area (Å²) < 4.78 is 1.86. The molecule has 0 spiro atoms. The van der Waals surface area contributed by atoms with Crippen molar-refractivity contribution in [1.29, 1.82) is 0 Å². The maximum atomic E-state index is 4.29. The molecule has 0 N–H and O–H groups in total. The van der Waals surface area contributed by atoms with Crippen molar-refractivity contribution in [3.63, 3.8) is 0 Å². The Morgan fingerprint density at radius 3 is 2.45 bits per heavy atom. The lowest BCUT2D eigenvalue weighted by atomic mass is 10.0. The predicted octanol–water partition coefficient (Wildman–Crippen LogP) is 2.56. The van der Waals surface area contributed by atoms with Gasteiger partial charge in [-0.15, -0.1) is 0 Å². The summed E-state index contributed by atoms with van der Waals surface area (Å²) in [5.41, 5.74) is 1.02. The number of halogens is 1. The van der Waals surface area contributed by atoms with Crippen LogP contribution in [0.3, 0.4) is 0 Å². The van der Waals surface area contributed by atoms with E-state index in [1.165, 1.54) is 25.7 Å². The van der Waals surface area contributed by atoms with E-state index in [0.29, 0.717) is 16.9 Å². The molecule has 2 saturated heterocycles. The Bertz CT molecular complexity index is 585. The maximum Gasteiger partial charge on any atom is 0.250 e. The number of rotatable bonds is 2. The largest absolute Gasteiger partial charge is 0.333 e. The molecular formula is C14H16BrN5. The minimum Gasteiger partial charge on any atom is -0.333 e. The Morgan fingerprint density at radius 2 is 1.75 bits per heavy atom. The molecule has 3 heterocycles. The third-order valence-corrected chi connectivity index (χ3v) is 5.11. The van der Waals surface area contributed by atoms with Crippen molar-refractivity contribution < 1.29 is 0 Å². The van der Waals surface area contributed by atoms with Gasteiger partial charge in [-0.3, -0.25) is 0 Å². The summed E-state index contributed by atoms with van der Waals surface area (Å²) >= 11 is 3.78. The van der Waals surface area contributed by atoms with E-state index in [4.69, 9.17) is 0 Å². The van der Waals surface area contributed by atoms with E-state index in [1.807, 2.05) is 35.0 Å². The zero-order valence-electron chi connectivity index (χ0n) is 11.1. The molecule has 2 fully saturated rings. The van der Waals surface area contributed by atoms with Crippen molar-refractivity contribution in [2.45, 2.75) is 42.6 Å². The van der Waals surface area contributed by atoms with Gasteiger partial charge in [-0.25, -0.2) is 0 Å². The molecule has 2 bridgehead atoms. The standard InChI is InChI=1S/C14H16BrN5/c15-10-8-12-6-7-13(9-10)19(12)14-16-17-18-20(14)11-4-2-1-3-5-11/h1-5,10,12-13H,6-9H2. The molecule has 1 aromatic heterocycles. The smallest absolute Gasteiger partial charge is 0.250 e. The van der Waals surface area contributed by atoms with Crippen molar-refractivity contribution in [3.05, 3.63) is 30.3 Å². The van der Waals surface area contributed by atoms with Crippen LogP contribution in [-0.4, -0.2) is 37.1 Å². The van der Waals surface area contributed by atoms with Crippen LogP contribution in [0.2, 0.25) is 0 Å². The number of para-hydroxylation sites is 1. The van der Waals surface area contributed by atoms with Crippen LogP contribution in [0.4, 0.5) is 5.95 Å². The Kier molecular flexibility index (Phi) is 2.98. The number of nitrogens with zero attached hydrogens (tertiary/aromatic N) is 5. The summed E-state index contributed by atoms with van der Waals surface area (Å²) in [5, 5.41) is 12.4. The number of fused-ring (bicyclic) bond motifs is 2. The first-order chi connectivity index (χ1) is 9.83. The van der Waals surface area contributed by atoms with Crippen LogP contribution in [0.1, 0.15) is 25.7 Å². The Hall–Kier alpha value is -1.43. The van der Waals surface area contributed by atoms with Crippen molar-refractivity contribution in [3.8, 4) is 5.69 Å². The molecule has 2 aromatic rings. The summed E-state index contributed by atoms with van der Waals surface area (Å²) in [7, 11) is 0. The van der Waals surface area contributed by atoms with Gasteiger partial charge < -0.3 is 4.90 Å². The molecule has 4 rings (SSSR count). The second-order valence-corrected chi connectivity index (χ2v) is 6.88. The highest BCUT2D eigenvalue weighted by Crippen LogP contribution is 2.40.